The second-order valence-corrected chi connectivity index (χ2v) is 10.5. The molecule has 168 valence electrons. The highest BCUT2D eigenvalue weighted by molar-refractivity contribution is 6.40. The highest BCUT2D eigenvalue weighted by Gasteiger charge is 2.50. The summed E-state index contributed by atoms with van der Waals surface area (Å²) in [5.41, 5.74) is 4.30. The van der Waals surface area contributed by atoms with Gasteiger partial charge >= 0.3 is 5.76 Å². The number of amides is 1. The van der Waals surface area contributed by atoms with Crippen molar-refractivity contribution in [2.45, 2.75) is 31.2 Å². The standard InChI is InChI=1S/C25H26N4O3Si/c1-29-21-12-18(7-8-22(21)32-24(29)31)17-5-3-16(4-6-17)11-19(13-26)33-28-23(30)20-14-27-15-25(20)9-2-10-25/h3-8,12,19-20,27H,2,9-11,14-15H2,1H3,(H,28,30)/t19-,20?/m0/s1. The summed E-state index contributed by atoms with van der Waals surface area (Å²) in [6.07, 6.45) is 4.05. The molecule has 1 amide bonds. The van der Waals surface area contributed by atoms with Crippen LogP contribution in [0.3, 0.4) is 0 Å². The molecule has 3 aromatic rings. The molecule has 2 heterocycles. The molecule has 1 aliphatic heterocycles. The van der Waals surface area contributed by atoms with E-state index in [2.05, 4.69) is 16.4 Å². The third-order valence-electron chi connectivity index (χ3n) is 7.27. The number of oxazole rings is 1. The van der Waals surface area contributed by atoms with E-state index in [1.165, 1.54) is 11.0 Å². The Labute approximate surface area is 194 Å². The molecule has 2 radical (unpaired) electrons. The Hall–Kier alpha value is -3.15. The third kappa shape index (κ3) is 4.03. The number of fused-ring (bicyclic) bond motifs is 1. The van der Waals surface area contributed by atoms with Gasteiger partial charge in [0.15, 0.2) is 15.3 Å². The molecule has 2 aromatic carbocycles. The Morgan fingerprint density at radius 1 is 1.30 bits per heavy atom. The number of aryl methyl sites for hydroxylation is 1. The first-order valence-electron chi connectivity index (χ1n) is 11.3. The minimum absolute atomic E-state index is 0.0319. The van der Waals surface area contributed by atoms with Crippen molar-refractivity contribution < 1.29 is 9.21 Å². The van der Waals surface area contributed by atoms with Crippen LogP contribution in [-0.2, 0) is 18.3 Å². The minimum Gasteiger partial charge on any atom is -0.408 e. The first kappa shape index (κ1) is 21.7. The maximum absolute atomic E-state index is 12.8. The number of nitrogens with zero attached hydrogens (tertiary/aromatic N) is 2. The fourth-order valence-electron chi connectivity index (χ4n) is 5.08. The number of carbonyl (C=O) groups excluding carboxylic acids is 1. The molecular formula is C25H26N4O3Si. The van der Waals surface area contributed by atoms with Crippen LogP contribution in [0.2, 0.25) is 5.54 Å². The van der Waals surface area contributed by atoms with Gasteiger partial charge in [-0.1, -0.05) is 36.8 Å². The summed E-state index contributed by atoms with van der Waals surface area (Å²) in [5.74, 6) is -0.248. The van der Waals surface area contributed by atoms with Crippen molar-refractivity contribution in [3.05, 3.63) is 58.6 Å². The topological polar surface area (TPSA) is 100 Å². The van der Waals surface area contributed by atoms with Gasteiger partial charge in [-0.15, -0.1) is 0 Å². The number of aromatic nitrogens is 1. The van der Waals surface area contributed by atoms with E-state index in [0.29, 0.717) is 12.0 Å². The average molecular weight is 459 g/mol. The fraction of sp³-hybridized carbons (Fsp3) is 0.400. The highest BCUT2D eigenvalue weighted by atomic mass is 28.2. The number of nitriles is 1. The van der Waals surface area contributed by atoms with Crippen LogP contribution in [0.4, 0.5) is 0 Å². The van der Waals surface area contributed by atoms with E-state index < -0.39 is 0 Å². The average Bonchev–Trinajstić information content (AvgIpc) is 3.38. The predicted octanol–water partition coefficient (Wildman–Crippen LogP) is 2.78. The van der Waals surface area contributed by atoms with Crippen molar-refractivity contribution in [2.75, 3.05) is 13.1 Å². The van der Waals surface area contributed by atoms with Crippen molar-refractivity contribution in [3.8, 4) is 17.2 Å². The molecule has 1 unspecified atom stereocenters. The first-order chi connectivity index (χ1) is 16.0. The van der Waals surface area contributed by atoms with Gasteiger partial charge in [0.25, 0.3) is 0 Å². The van der Waals surface area contributed by atoms with Gasteiger partial charge in [0.1, 0.15) is 0 Å². The Kier molecular flexibility index (Phi) is 5.68. The minimum atomic E-state index is -0.375. The van der Waals surface area contributed by atoms with Gasteiger partial charge in [-0.3, -0.25) is 9.36 Å². The lowest BCUT2D eigenvalue weighted by Gasteiger charge is -2.42. The predicted molar refractivity (Wildman–Crippen MR) is 126 cm³/mol. The van der Waals surface area contributed by atoms with Crippen LogP contribution in [0, 0.1) is 22.7 Å². The maximum atomic E-state index is 12.8. The zero-order valence-corrected chi connectivity index (χ0v) is 19.6. The van der Waals surface area contributed by atoms with E-state index in [0.717, 1.165) is 48.1 Å². The molecular weight excluding hydrogens is 432 g/mol. The molecule has 33 heavy (non-hydrogen) atoms. The normalized spacial score (nSPS) is 19.8. The smallest absolute Gasteiger partial charge is 0.408 e. The van der Waals surface area contributed by atoms with Gasteiger partial charge in [-0.25, -0.2) is 4.79 Å². The molecule has 2 N–H and O–H groups in total. The second-order valence-electron chi connectivity index (χ2n) is 9.23. The van der Waals surface area contributed by atoms with Gasteiger partial charge in [0, 0.05) is 20.1 Å². The summed E-state index contributed by atoms with van der Waals surface area (Å²) >= 11 is 0. The molecule has 2 aliphatic rings. The zero-order chi connectivity index (χ0) is 23.0. The molecule has 1 aromatic heterocycles. The zero-order valence-electron chi connectivity index (χ0n) is 18.6. The Bertz CT molecular complexity index is 1280. The molecule has 5 rings (SSSR count). The van der Waals surface area contributed by atoms with Crippen LogP contribution in [0.25, 0.3) is 22.2 Å². The number of benzene rings is 2. The molecule has 2 atom stereocenters. The lowest BCUT2D eigenvalue weighted by molar-refractivity contribution is -0.127. The summed E-state index contributed by atoms with van der Waals surface area (Å²) in [4.78, 5) is 27.6. The van der Waals surface area contributed by atoms with E-state index in [4.69, 9.17) is 4.42 Å². The summed E-state index contributed by atoms with van der Waals surface area (Å²) in [6.45, 7) is 1.68. The SMILES string of the molecule is Cn1c(=O)oc2ccc(-c3ccc(C[C@@H](C#N)[Si]NC(=O)C4CNCC45CCC5)cc3)cc21. The van der Waals surface area contributed by atoms with Crippen LogP contribution in [0.5, 0.6) is 0 Å². The van der Waals surface area contributed by atoms with Gasteiger partial charge in [0.05, 0.1) is 23.0 Å². The van der Waals surface area contributed by atoms with Crippen LogP contribution in [0.1, 0.15) is 24.8 Å². The van der Waals surface area contributed by atoms with E-state index in [-0.39, 0.29) is 38.2 Å². The van der Waals surface area contributed by atoms with E-state index >= 15 is 0 Å². The van der Waals surface area contributed by atoms with Crippen molar-refractivity contribution in [1.82, 2.24) is 14.9 Å². The monoisotopic (exact) mass is 458 g/mol. The molecule has 2 fully saturated rings. The number of hydrogen-bond donors (Lipinski definition) is 2. The number of rotatable bonds is 6. The van der Waals surface area contributed by atoms with Gasteiger partial charge in [-0.2, -0.15) is 5.26 Å². The molecule has 8 heteroatoms. The number of hydrogen-bond acceptors (Lipinski definition) is 5. The summed E-state index contributed by atoms with van der Waals surface area (Å²) in [7, 11) is 1.78. The van der Waals surface area contributed by atoms with Crippen molar-refractivity contribution >= 4 is 26.7 Å². The lowest BCUT2D eigenvalue weighted by Crippen LogP contribution is -2.46. The molecule has 7 nitrogen and oxygen atoms in total. The number of carbonyl (C=O) groups is 1. The Morgan fingerprint density at radius 3 is 2.76 bits per heavy atom. The van der Waals surface area contributed by atoms with E-state index in [1.54, 1.807) is 7.05 Å². The second kappa shape index (κ2) is 8.65. The van der Waals surface area contributed by atoms with E-state index in [1.807, 2.05) is 42.5 Å². The van der Waals surface area contributed by atoms with Crippen LogP contribution < -0.4 is 16.1 Å². The summed E-state index contributed by atoms with van der Waals surface area (Å²) in [5, 5.41) is 13.0. The summed E-state index contributed by atoms with van der Waals surface area (Å²) < 4.78 is 6.70. The van der Waals surface area contributed by atoms with Crippen LogP contribution in [0.15, 0.2) is 51.7 Å². The maximum Gasteiger partial charge on any atom is 0.419 e. The fourth-order valence-corrected chi connectivity index (χ4v) is 5.97. The highest BCUT2D eigenvalue weighted by Crippen LogP contribution is 2.49. The quantitative estimate of drug-likeness (QED) is 0.554. The third-order valence-corrected chi connectivity index (χ3v) is 8.35. The molecule has 1 aliphatic carbocycles. The van der Waals surface area contributed by atoms with Gasteiger partial charge in [0.2, 0.25) is 5.91 Å². The largest absolute Gasteiger partial charge is 0.419 e. The number of nitrogens with one attached hydrogen (secondary N) is 2. The molecule has 1 spiro atoms. The molecule has 0 bridgehead atoms. The molecule has 1 saturated heterocycles. The van der Waals surface area contributed by atoms with Crippen molar-refractivity contribution in [2.24, 2.45) is 18.4 Å². The van der Waals surface area contributed by atoms with Gasteiger partial charge < -0.3 is 14.7 Å². The Morgan fingerprint density at radius 2 is 2.06 bits per heavy atom. The lowest BCUT2D eigenvalue weighted by atomic mass is 9.63. The molecule has 1 saturated carbocycles. The van der Waals surface area contributed by atoms with Crippen LogP contribution in [-0.4, -0.2) is 33.2 Å². The van der Waals surface area contributed by atoms with Crippen LogP contribution >= 0.6 is 0 Å². The Balaban J connectivity index is 1.22. The van der Waals surface area contributed by atoms with Crippen molar-refractivity contribution in [3.63, 3.8) is 0 Å². The first-order valence-corrected chi connectivity index (χ1v) is 12.4. The van der Waals surface area contributed by atoms with Gasteiger partial charge in [-0.05, 0) is 53.5 Å². The summed E-state index contributed by atoms with van der Waals surface area (Å²) in [6, 6.07) is 16.1. The van der Waals surface area contributed by atoms with Crippen molar-refractivity contribution in [1.29, 1.82) is 5.26 Å². The van der Waals surface area contributed by atoms with E-state index in [9.17, 15) is 14.9 Å².